The third-order valence-corrected chi connectivity index (χ3v) is 2.90. The van der Waals surface area contributed by atoms with Crippen LogP contribution in [0.3, 0.4) is 0 Å². The van der Waals surface area contributed by atoms with Gasteiger partial charge < -0.3 is 9.84 Å². The number of aliphatic carboxylic acids is 1. The predicted molar refractivity (Wildman–Crippen MR) is 44.4 cm³/mol. The number of thiophene rings is 1. The highest BCUT2D eigenvalue weighted by Crippen LogP contribution is 2.30. The largest absolute Gasteiger partial charge is 0.479 e. The van der Waals surface area contributed by atoms with Gasteiger partial charge in [0.15, 0.2) is 6.10 Å². The van der Waals surface area contributed by atoms with E-state index in [1.54, 1.807) is 11.3 Å². The summed E-state index contributed by atoms with van der Waals surface area (Å²) in [6.45, 7) is 0.518. The Bertz CT molecular complexity index is 305. The summed E-state index contributed by atoms with van der Waals surface area (Å²) in [5, 5.41) is 10.7. The van der Waals surface area contributed by atoms with Crippen LogP contribution in [0.1, 0.15) is 16.5 Å². The molecular formula is C8H8O3S. The van der Waals surface area contributed by atoms with Crippen LogP contribution in [0.25, 0.3) is 0 Å². The Hall–Kier alpha value is -0.870. The number of fused-ring (bicyclic) bond motifs is 1. The molecule has 1 aliphatic heterocycles. The van der Waals surface area contributed by atoms with Crippen molar-refractivity contribution in [3.8, 4) is 0 Å². The minimum atomic E-state index is -0.894. The zero-order chi connectivity index (χ0) is 8.55. The van der Waals surface area contributed by atoms with Crippen LogP contribution in [0, 0.1) is 0 Å². The SMILES string of the molecule is O=C(O)[C@H]1OCCc2sccc21. The molecule has 0 aliphatic carbocycles. The van der Waals surface area contributed by atoms with Crippen molar-refractivity contribution in [1.82, 2.24) is 0 Å². The average Bonchev–Trinajstić information content (AvgIpc) is 2.49. The normalized spacial score (nSPS) is 21.8. The molecule has 0 aromatic carbocycles. The van der Waals surface area contributed by atoms with Gasteiger partial charge in [-0.3, -0.25) is 0 Å². The monoisotopic (exact) mass is 184 g/mol. The lowest BCUT2D eigenvalue weighted by molar-refractivity contribution is -0.151. The van der Waals surface area contributed by atoms with E-state index in [9.17, 15) is 4.79 Å². The van der Waals surface area contributed by atoms with E-state index in [-0.39, 0.29) is 0 Å². The van der Waals surface area contributed by atoms with Crippen LogP contribution in [0.15, 0.2) is 11.4 Å². The van der Waals surface area contributed by atoms with E-state index in [1.807, 2.05) is 11.4 Å². The van der Waals surface area contributed by atoms with Crippen LogP contribution in [-0.2, 0) is 16.0 Å². The number of hydrogen-bond acceptors (Lipinski definition) is 3. The Labute approximate surface area is 73.6 Å². The van der Waals surface area contributed by atoms with Gasteiger partial charge in [-0.05, 0) is 11.4 Å². The zero-order valence-electron chi connectivity index (χ0n) is 6.32. The molecule has 0 amide bonds. The van der Waals surface area contributed by atoms with E-state index >= 15 is 0 Å². The standard InChI is InChI=1S/C8H8O3S/c9-8(10)7-5-2-4-12-6(5)1-3-11-7/h2,4,7H,1,3H2,(H,9,10)/t7-/m0/s1. The molecule has 4 heteroatoms. The molecule has 1 atom stereocenters. The van der Waals surface area contributed by atoms with E-state index in [0.29, 0.717) is 6.61 Å². The number of ether oxygens (including phenoxy) is 1. The highest BCUT2D eigenvalue weighted by atomic mass is 32.1. The van der Waals surface area contributed by atoms with Crippen molar-refractivity contribution in [3.05, 3.63) is 21.9 Å². The Morgan fingerprint density at radius 1 is 1.75 bits per heavy atom. The van der Waals surface area contributed by atoms with Crippen LogP contribution >= 0.6 is 11.3 Å². The fourth-order valence-electron chi connectivity index (χ4n) is 1.35. The lowest BCUT2D eigenvalue weighted by Gasteiger charge is -2.19. The molecule has 0 saturated carbocycles. The van der Waals surface area contributed by atoms with Crippen molar-refractivity contribution >= 4 is 17.3 Å². The minimum Gasteiger partial charge on any atom is -0.479 e. The molecule has 0 unspecified atom stereocenters. The van der Waals surface area contributed by atoms with Crippen LogP contribution in [0.2, 0.25) is 0 Å². The van der Waals surface area contributed by atoms with E-state index in [1.165, 1.54) is 0 Å². The van der Waals surface area contributed by atoms with Gasteiger partial charge in [-0.1, -0.05) is 0 Å². The van der Waals surface area contributed by atoms with Crippen molar-refractivity contribution in [2.75, 3.05) is 6.61 Å². The Balaban J connectivity index is 2.37. The van der Waals surface area contributed by atoms with Crippen LogP contribution < -0.4 is 0 Å². The summed E-state index contributed by atoms with van der Waals surface area (Å²) in [7, 11) is 0. The smallest absolute Gasteiger partial charge is 0.337 e. The quantitative estimate of drug-likeness (QED) is 0.718. The first-order chi connectivity index (χ1) is 5.79. The van der Waals surface area contributed by atoms with E-state index in [2.05, 4.69) is 0 Å². The molecule has 0 saturated heterocycles. The number of carboxylic acids is 1. The molecule has 1 aliphatic rings. The maximum Gasteiger partial charge on any atom is 0.337 e. The zero-order valence-corrected chi connectivity index (χ0v) is 7.13. The average molecular weight is 184 g/mol. The summed E-state index contributed by atoms with van der Waals surface area (Å²) in [5.41, 5.74) is 0.832. The van der Waals surface area contributed by atoms with Crippen molar-refractivity contribution in [2.45, 2.75) is 12.5 Å². The molecule has 0 bridgehead atoms. The molecule has 2 rings (SSSR count). The third-order valence-electron chi connectivity index (χ3n) is 1.90. The summed E-state index contributed by atoms with van der Waals surface area (Å²) >= 11 is 1.60. The number of hydrogen-bond donors (Lipinski definition) is 1. The van der Waals surface area contributed by atoms with Gasteiger partial charge in [0.25, 0.3) is 0 Å². The maximum atomic E-state index is 10.7. The van der Waals surface area contributed by atoms with Gasteiger partial charge in [-0.15, -0.1) is 11.3 Å². The molecule has 12 heavy (non-hydrogen) atoms. The second-order valence-corrected chi connectivity index (χ2v) is 3.64. The first-order valence-corrected chi connectivity index (χ1v) is 4.57. The summed E-state index contributed by atoms with van der Waals surface area (Å²) < 4.78 is 5.13. The van der Waals surface area contributed by atoms with Gasteiger partial charge in [0.05, 0.1) is 6.61 Å². The Morgan fingerprint density at radius 2 is 2.58 bits per heavy atom. The van der Waals surface area contributed by atoms with Crippen LogP contribution in [0.5, 0.6) is 0 Å². The molecule has 1 aromatic rings. The van der Waals surface area contributed by atoms with Gasteiger partial charge in [0.1, 0.15) is 0 Å². The van der Waals surface area contributed by atoms with E-state index < -0.39 is 12.1 Å². The number of carbonyl (C=O) groups is 1. The molecule has 2 heterocycles. The maximum absolute atomic E-state index is 10.7. The molecule has 1 N–H and O–H groups in total. The van der Waals surface area contributed by atoms with Crippen LogP contribution in [0.4, 0.5) is 0 Å². The van der Waals surface area contributed by atoms with Gasteiger partial charge in [0, 0.05) is 16.9 Å². The van der Waals surface area contributed by atoms with Crippen molar-refractivity contribution < 1.29 is 14.6 Å². The lowest BCUT2D eigenvalue weighted by atomic mass is 10.1. The van der Waals surface area contributed by atoms with Crippen LogP contribution in [-0.4, -0.2) is 17.7 Å². The first kappa shape index (κ1) is 7.76. The second kappa shape index (κ2) is 2.88. The third kappa shape index (κ3) is 1.13. The van der Waals surface area contributed by atoms with Gasteiger partial charge in [-0.2, -0.15) is 0 Å². The van der Waals surface area contributed by atoms with Gasteiger partial charge >= 0.3 is 5.97 Å². The highest BCUT2D eigenvalue weighted by Gasteiger charge is 2.27. The molecule has 1 aromatic heterocycles. The molecular weight excluding hydrogens is 176 g/mol. The number of rotatable bonds is 1. The molecule has 0 radical (unpaired) electrons. The van der Waals surface area contributed by atoms with E-state index in [0.717, 1.165) is 16.9 Å². The minimum absolute atomic E-state index is 0.518. The first-order valence-electron chi connectivity index (χ1n) is 3.69. The Kier molecular flexibility index (Phi) is 1.86. The van der Waals surface area contributed by atoms with Crippen molar-refractivity contribution in [3.63, 3.8) is 0 Å². The summed E-state index contributed by atoms with van der Waals surface area (Å²) in [6.07, 6.45) is 0.108. The molecule has 0 fully saturated rings. The lowest BCUT2D eigenvalue weighted by Crippen LogP contribution is -2.21. The predicted octanol–water partition coefficient (Wildman–Crippen LogP) is 1.45. The molecule has 0 spiro atoms. The summed E-state index contributed by atoms with van der Waals surface area (Å²) in [5.74, 6) is -0.894. The van der Waals surface area contributed by atoms with E-state index in [4.69, 9.17) is 9.84 Å². The second-order valence-electron chi connectivity index (χ2n) is 2.64. The van der Waals surface area contributed by atoms with Crippen molar-refractivity contribution in [1.29, 1.82) is 0 Å². The molecule has 3 nitrogen and oxygen atoms in total. The fourth-order valence-corrected chi connectivity index (χ4v) is 2.24. The topological polar surface area (TPSA) is 46.5 Å². The van der Waals surface area contributed by atoms with Gasteiger partial charge in [-0.25, -0.2) is 4.79 Å². The Morgan fingerprint density at radius 3 is 3.33 bits per heavy atom. The summed E-state index contributed by atoms with van der Waals surface area (Å²) in [6, 6.07) is 1.83. The molecule has 64 valence electrons. The highest BCUT2D eigenvalue weighted by molar-refractivity contribution is 7.10. The summed E-state index contributed by atoms with van der Waals surface area (Å²) in [4.78, 5) is 11.8. The van der Waals surface area contributed by atoms with Gasteiger partial charge in [0.2, 0.25) is 0 Å². The number of carboxylic acid groups (broad SMARTS) is 1. The fraction of sp³-hybridized carbons (Fsp3) is 0.375. The van der Waals surface area contributed by atoms with Crippen molar-refractivity contribution in [2.24, 2.45) is 0 Å².